The monoisotopic (exact) mass is 338 g/mol. The third-order valence-corrected chi connectivity index (χ3v) is 3.43. The Hall–Kier alpha value is -1.40. The number of nitrogens with one attached hydrogen (secondary N) is 2. The van der Waals surface area contributed by atoms with Crippen molar-refractivity contribution in [2.45, 2.75) is 33.2 Å². The number of rotatable bonds is 6. The van der Waals surface area contributed by atoms with Crippen molar-refractivity contribution in [2.24, 2.45) is 0 Å². The van der Waals surface area contributed by atoms with Crippen molar-refractivity contribution in [1.29, 1.82) is 0 Å². The highest BCUT2D eigenvalue weighted by molar-refractivity contribution is 9.10. The quantitative estimate of drug-likeness (QED) is 0.834. The van der Waals surface area contributed by atoms with E-state index in [2.05, 4.69) is 43.7 Å². The number of aryl methyl sites for hydroxylation is 1. The van der Waals surface area contributed by atoms with Gasteiger partial charge in [0.15, 0.2) is 0 Å². The van der Waals surface area contributed by atoms with Crippen LogP contribution in [0.5, 0.6) is 0 Å². The number of halogens is 1. The standard InChI is InChI=1S/C14H19BrN4O/c1-4-7-16-10(3)13-18-19-14(20-13)17-12-6-5-11(15)8-9(12)2/h5-6,8,10,16H,4,7H2,1-3H3,(H,17,19). The lowest BCUT2D eigenvalue weighted by molar-refractivity contribution is 0.424. The highest BCUT2D eigenvalue weighted by Gasteiger charge is 2.13. The molecule has 5 nitrogen and oxygen atoms in total. The lowest BCUT2D eigenvalue weighted by Gasteiger charge is -2.08. The molecular formula is C14H19BrN4O. The second-order valence-electron chi connectivity index (χ2n) is 4.71. The number of anilines is 2. The van der Waals surface area contributed by atoms with E-state index in [4.69, 9.17) is 4.42 Å². The minimum atomic E-state index is 0.0593. The number of hydrogen-bond donors (Lipinski definition) is 2. The molecule has 108 valence electrons. The summed E-state index contributed by atoms with van der Waals surface area (Å²) in [6.45, 7) is 7.09. The summed E-state index contributed by atoms with van der Waals surface area (Å²) in [6, 6.07) is 6.45. The zero-order valence-corrected chi connectivity index (χ0v) is 13.5. The fraction of sp³-hybridized carbons (Fsp3) is 0.429. The zero-order valence-electron chi connectivity index (χ0n) is 11.9. The van der Waals surface area contributed by atoms with Crippen molar-refractivity contribution >= 4 is 27.6 Å². The maximum absolute atomic E-state index is 5.62. The van der Waals surface area contributed by atoms with E-state index in [1.165, 1.54) is 0 Å². The average Bonchev–Trinajstić information content (AvgIpc) is 2.88. The molecular weight excluding hydrogens is 320 g/mol. The summed E-state index contributed by atoms with van der Waals surface area (Å²) < 4.78 is 6.67. The molecule has 1 aromatic carbocycles. The van der Waals surface area contributed by atoms with Crippen LogP contribution >= 0.6 is 15.9 Å². The van der Waals surface area contributed by atoms with Crippen LogP contribution in [0.3, 0.4) is 0 Å². The Bertz CT molecular complexity index is 570. The van der Waals surface area contributed by atoms with Gasteiger partial charge in [0, 0.05) is 10.2 Å². The lowest BCUT2D eigenvalue weighted by atomic mass is 10.2. The predicted octanol–water partition coefficient (Wildman–Crippen LogP) is 3.94. The highest BCUT2D eigenvalue weighted by atomic mass is 79.9. The van der Waals surface area contributed by atoms with Gasteiger partial charge in [0.05, 0.1) is 6.04 Å². The summed E-state index contributed by atoms with van der Waals surface area (Å²) in [6.07, 6.45) is 1.07. The number of hydrogen-bond acceptors (Lipinski definition) is 5. The lowest BCUT2D eigenvalue weighted by Crippen LogP contribution is -2.19. The first-order chi connectivity index (χ1) is 9.60. The number of benzene rings is 1. The summed E-state index contributed by atoms with van der Waals surface area (Å²) in [5.41, 5.74) is 2.06. The van der Waals surface area contributed by atoms with E-state index in [1.807, 2.05) is 32.0 Å². The molecule has 0 radical (unpaired) electrons. The van der Waals surface area contributed by atoms with Crippen LogP contribution in [0.4, 0.5) is 11.7 Å². The largest absolute Gasteiger partial charge is 0.406 e. The second-order valence-corrected chi connectivity index (χ2v) is 5.62. The molecule has 0 saturated carbocycles. The van der Waals surface area contributed by atoms with Gasteiger partial charge in [-0.3, -0.25) is 0 Å². The van der Waals surface area contributed by atoms with Crippen molar-refractivity contribution in [1.82, 2.24) is 15.5 Å². The van der Waals surface area contributed by atoms with Crippen molar-refractivity contribution in [2.75, 3.05) is 11.9 Å². The van der Waals surface area contributed by atoms with Crippen LogP contribution in [0.2, 0.25) is 0 Å². The molecule has 1 aromatic heterocycles. The topological polar surface area (TPSA) is 63.0 Å². The molecule has 0 aliphatic carbocycles. The summed E-state index contributed by atoms with van der Waals surface area (Å²) >= 11 is 3.44. The Kier molecular flexibility index (Phi) is 5.14. The minimum absolute atomic E-state index is 0.0593. The molecule has 0 aliphatic rings. The van der Waals surface area contributed by atoms with Gasteiger partial charge in [-0.15, -0.1) is 5.10 Å². The average molecular weight is 339 g/mol. The van der Waals surface area contributed by atoms with Gasteiger partial charge < -0.3 is 15.1 Å². The molecule has 0 spiro atoms. The molecule has 0 aliphatic heterocycles. The van der Waals surface area contributed by atoms with Crippen LogP contribution in [0, 0.1) is 6.92 Å². The predicted molar refractivity (Wildman–Crippen MR) is 83.2 cm³/mol. The maximum Gasteiger partial charge on any atom is 0.320 e. The van der Waals surface area contributed by atoms with Crippen molar-refractivity contribution in [3.63, 3.8) is 0 Å². The molecule has 2 N–H and O–H groups in total. The third-order valence-electron chi connectivity index (χ3n) is 2.94. The van der Waals surface area contributed by atoms with Gasteiger partial charge in [0.2, 0.25) is 5.89 Å². The van der Waals surface area contributed by atoms with Gasteiger partial charge in [-0.05, 0) is 50.6 Å². The van der Waals surface area contributed by atoms with Crippen LogP contribution in [-0.4, -0.2) is 16.7 Å². The third kappa shape index (κ3) is 3.80. The molecule has 0 fully saturated rings. The van der Waals surface area contributed by atoms with Gasteiger partial charge in [-0.1, -0.05) is 28.0 Å². The van der Waals surface area contributed by atoms with Crippen molar-refractivity contribution in [3.8, 4) is 0 Å². The Balaban J connectivity index is 2.05. The molecule has 2 rings (SSSR count). The molecule has 6 heteroatoms. The van der Waals surface area contributed by atoms with Gasteiger partial charge in [0.1, 0.15) is 0 Å². The number of nitrogens with zero attached hydrogens (tertiary/aromatic N) is 2. The minimum Gasteiger partial charge on any atom is -0.406 e. The summed E-state index contributed by atoms with van der Waals surface area (Å²) in [5, 5.41) is 14.5. The highest BCUT2D eigenvalue weighted by Crippen LogP contribution is 2.24. The zero-order chi connectivity index (χ0) is 14.5. The van der Waals surface area contributed by atoms with E-state index in [1.54, 1.807) is 0 Å². The van der Waals surface area contributed by atoms with Crippen LogP contribution in [0.1, 0.15) is 37.8 Å². The van der Waals surface area contributed by atoms with Crippen LogP contribution in [0.25, 0.3) is 0 Å². The van der Waals surface area contributed by atoms with Crippen LogP contribution in [0.15, 0.2) is 27.1 Å². The Morgan fingerprint density at radius 2 is 2.15 bits per heavy atom. The Labute approximate surface area is 127 Å². The molecule has 0 saturated heterocycles. The molecule has 20 heavy (non-hydrogen) atoms. The first-order valence-electron chi connectivity index (χ1n) is 6.70. The normalized spacial score (nSPS) is 12.4. The van der Waals surface area contributed by atoms with Gasteiger partial charge in [-0.2, -0.15) is 0 Å². The maximum atomic E-state index is 5.62. The molecule has 1 atom stereocenters. The van der Waals surface area contributed by atoms with Gasteiger partial charge >= 0.3 is 6.01 Å². The van der Waals surface area contributed by atoms with Gasteiger partial charge in [0.25, 0.3) is 0 Å². The molecule has 1 unspecified atom stereocenters. The van der Waals surface area contributed by atoms with Crippen molar-refractivity contribution in [3.05, 3.63) is 34.1 Å². The Morgan fingerprint density at radius 3 is 2.85 bits per heavy atom. The van der Waals surface area contributed by atoms with E-state index in [9.17, 15) is 0 Å². The summed E-state index contributed by atoms with van der Waals surface area (Å²) in [4.78, 5) is 0. The first-order valence-corrected chi connectivity index (χ1v) is 7.49. The van der Waals surface area contributed by atoms with E-state index in [0.29, 0.717) is 11.9 Å². The molecule has 0 amide bonds. The first kappa shape index (κ1) is 15.0. The fourth-order valence-corrected chi connectivity index (χ4v) is 2.27. The summed E-state index contributed by atoms with van der Waals surface area (Å²) in [7, 11) is 0. The van der Waals surface area contributed by atoms with E-state index >= 15 is 0 Å². The smallest absolute Gasteiger partial charge is 0.320 e. The molecule has 1 heterocycles. The number of aromatic nitrogens is 2. The van der Waals surface area contributed by atoms with E-state index in [0.717, 1.165) is 28.7 Å². The van der Waals surface area contributed by atoms with Gasteiger partial charge in [-0.25, -0.2) is 0 Å². The molecule has 2 aromatic rings. The fourth-order valence-electron chi connectivity index (χ4n) is 1.79. The van der Waals surface area contributed by atoms with E-state index in [-0.39, 0.29) is 6.04 Å². The van der Waals surface area contributed by atoms with Crippen LogP contribution < -0.4 is 10.6 Å². The van der Waals surface area contributed by atoms with E-state index < -0.39 is 0 Å². The molecule has 0 bridgehead atoms. The van der Waals surface area contributed by atoms with Crippen molar-refractivity contribution < 1.29 is 4.42 Å². The van der Waals surface area contributed by atoms with Crippen LogP contribution in [-0.2, 0) is 0 Å². The Morgan fingerprint density at radius 1 is 1.35 bits per heavy atom. The second kappa shape index (κ2) is 6.85. The summed E-state index contributed by atoms with van der Waals surface area (Å²) in [5.74, 6) is 0.593. The SMILES string of the molecule is CCCNC(C)c1nnc(Nc2ccc(Br)cc2C)o1.